The average molecular weight is 364 g/mol. The van der Waals surface area contributed by atoms with E-state index >= 15 is 0 Å². The van der Waals surface area contributed by atoms with Crippen LogP contribution in [-0.2, 0) is 6.42 Å². The number of aliphatic hydroxyl groups is 1. The number of halogens is 1. The maximum absolute atomic E-state index is 10.8. The molecule has 1 aliphatic rings. The van der Waals surface area contributed by atoms with Crippen LogP contribution in [0.15, 0.2) is 54.6 Å². The summed E-state index contributed by atoms with van der Waals surface area (Å²) in [6.07, 6.45) is 2.31. The van der Waals surface area contributed by atoms with Gasteiger partial charge in [0, 0.05) is 26.1 Å². The highest BCUT2D eigenvalue weighted by Gasteiger charge is 2.32. The number of ether oxygens (including phenoxy) is 1. The molecule has 1 heterocycles. The molecule has 4 nitrogen and oxygen atoms in total. The lowest BCUT2D eigenvalue weighted by Gasteiger charge is -2.38. The molecule has 1 fully saturated rings. The molecule has 2 N–H and O–H groups in total. The van der Waals surface area contributed by atoms with Gasteiger partial charge in [0.15, 0.2) is 0 Å². The SMILES string of the molecule is Cl.Oc1ccc(OCCN2CCC(O)(Cc3ccccc3)CC2)cc1. The Hall–Kier alpha value is -1.75. The summed E-state index contributed by atoms with van der Waals surface area (Å²) in [6.45, 7) is 3.24. The van der Waals surface area contributed by atoms with Gasteiger partial charge in [0.2, 0.25) is 0 Å². The zero-order valence-electron chi connectivity index (χ0n) is 14.3. The van der Waals surface area contributed by atoms with Crippen LogP contribution in [0.1, 0.15) is 18.4 Å². The summed E-state index contributed by atoms with van der Waals surface area (Å²) in [5, 5.41) is 20.0. The van der Waals surface area contributed by atoms with Crippen molar-refractivity contribution in [2.45, 2.75) is 24.9 Å². The van der Waals surface area contributed by atoms with Crippen LogP contribution in [0.4, 0.5) is 0 Å². The van der Waals surface area contributed by atoms with E-state index in [1.165, 1.54) is 5.56 Å². The van der Waals surface area contributed by atoms with Gasteiger partial charge in [-0.3, -0.25) is 4.90 Å². The molecule has 0 spiro atoms. The van der Waals surface area contributed by atoms with Crippen LogP contribution in [0.3, 0.4) is 0 Å². The minimum Gasteiger partial charge on any atom is -0.508 e. The van der Waals surface area contributed by atoms with Gasteiger partial charge in [0.05, 0.1) is 5.60 Å². The summed E-state index contributed by atoms with van der Waals surface area (Å²) >= 11 is 0. The second kappa shape index (κ2) is 9.09. The number of nitrogens with zero attached hydrogens (tertiary/aromatic N) is 1. The number of rotatable bonds is 6. The summed E-state index contributed by atoms with van der Waals surface area (Å²) in [4.78, 5) is 2.33. The summed E-state index contributed by atoms with van der Waals surface area (Å²) in [6, 6.07) is 17.0. The van der Waals surface area contributed by atoms with Crippen molar-refractivity contribution < 1.29 is 14.9 Å². The van der Waals surface area contributed by atoms with E-state index in [0.29, 0.717) is 6.61 Å². The molecule has 0 amide bonds. The van der Waals surface area contributed by atoms with E-state index in [1.54, 1.807) is 24.3 Å². The van der Waals surface area contributed by atoms with Gasteiger partial charge in [0.25, 0.3) is 0 Å². The third-order valence-electron chi connectivity index (χ3n) is 4.68. The third kappa shape index (κ3) is 5.92. The Balaban J connectivity index is 0.00000225. The predicted molar refractivity (Wildman–Crippen MR) is 102 cm³/mol. The zero-order valence-corrected chi connectivity index (χ0v) is 15.1. The first kappa shape index (κ1) is 19.6. The van der Waals surface area contributed by atoms with Crippen LogP contribution in [-0.4, -0.2) is 47.0 Å². The number of phenolic OH excluding ortho intramolecular Hbond substituents is 1. The van der Waals surface area contributed by atoms with Gasteiger partial charge < -0.3 is 14.9 Å². The highest BCUT2D eigenvalue weighted by molar-refractivity contribution is 5.85. The van der Waals surface area contributed by atoms with Gasteiger partial charge in [-0.05, 0) is 42.7 Å². The van der Waals surface area contributed by atoms with Gasteiger partial charge in [0.1, 0.15) is 18.1 Å². The van der Waals surface area contributed by atoms with Crippen molar-refractivity contribution in [1.29, 1.82) is 0 Å². The standard InChI is InChI=1S/C20H25NO3.ClH/c22-18-6-8-19(9-7-18)24-15-14-21-12-10-20(23,11-13-21)16-17-4-2-1-3-5-17;/h1-9,22-23H,10-16H2;1H. The molecule has 0 saturated carbocycles. The topological polar surface area (TPSA) is 52.9 Å². The van der Waals surface area contributed by atoms with Crippen LogP contribution < -0.4 is 4.74 Å². The molecule has 0 aliphatic carbocycles. The number of hydrogen-bond acceptors (Lipinski definition) is 4. The molecule has 0 atom stereocenters. The number of aromatic hydroxyl groups is 1. The molecule has 2 aromatic carbocycles. The molecule has 0 aromatic heterocycles. The number of hydrogen-bond donors (Lipinski definition) is 2. The van der Waals surface area contributed by atoms with Crippen LogP contribution in [0, 0.1) is 0 Å². The largest absolute Gasteiger partial charge is 0.508 e. The monoisotopic (exact) mass is 363 g/mol. The van der Waals surface area contributed by atoms with E-state index in [0.717, 1.165) is 44.6 Å². The molecule has 0 bridgehead atoms. The Morgan fingerprint density at radius 2 is 1.60 bits per heavy atom. The smallest absolute Gasteiger partial charge is 0.119 e. The van der Waals surface area contributed by atoms with Crippen molar-refractivity contribution >= 4 is 12.4 Å². The Bertz CT molecular complexity index is 625. The summed E-state index contributed by atoms with van der Waals surface area (Å²) in [5.74, 6) is 1.02. The maximum atomic E-state index is 10.8. The highest BCUT2D eigenvalue weighted by atomic mass is 35.5. The first-order chi connectivity index (χ1) is 11.6. The fourth-order valence-corrected chi connectivity index (χ4v) is 3.18. The molecule has 3 rings (SSSR count). The fraction of sp³-hybridized carbons (Fsp3) is 0.400. The Morgan fingerprint density at radius 3 is 2.24 bits per heavy atom. The fourth-order valence-electron chi connectivity index (χ4n) is 3.18. The molecule has 5 heteroatoms. The van der Waals surface area contributed by atoms with Crippen LogP contribution >= 0.6 is 12.4 Å². The van der Waals surface area contributed by atoms with E-state index in [2.05, 4.69) is 17.0 Å². The lowest BCUT2D eigenvalue weighted by Crippen LogP contribution is -2.46. The molecule has 25 heavy (non-hydrogen) atoms. The van der Waals surface area contributed by atoms with Gasteiger partial charge in [-0.1, -0.05) is 30.3 Å². The Kier molecular flexibility index (Phi) is 7.12. The van der Waals surface area contributed by atoms with E-state index in [1.807, 2.05) is 18.2 Å². The first-order valence-corrected chi connectivity index (χ1v) is 8.53. The van der Waals surface area contributed by atoms with Crippen LogP contribution in [0.5, 0.6) is 11.5 Å². The van der Waals surface area contributed by atoms with E-state index in [9.17, 15) is 10.2 Å². The summed E-state index contributed by atoms with van der Waals surface area (Å²) in [5.41, 5.74) is 0.611. The number of benzene rings is 2. The summed E-state index contributed by atoms with van der Waals surface area (Å²) in [7, 11) is 0. The minimum absolute atomic E-state index is 0. The predicted octanol–water partition coefficient (Wildman–Crippen LogP) is 3.26. The van der Waals surface area contributed by atoms with Crippen molar-refractivity contribution in [3.8, 4) is 11.5 Å². The van der Waals surface area contributed by atoms with Crippen molar-refractivity contribution in [1.82, 2.24) is 4.90 Å². The van der Waals surface area contributed by atoms with Gasteiger partial charge >= 0.3 is 0 Å². The lowest BCUT2D eigenvalue weighted by atomic mass is 9.85. The molecule has 0 radical (unpaired) electrons. The molecule has 0 unspecified atom stereocenters. The molecule has 2 aromatic rings. The van der Waals surface area contributed by atoms with Crippen LogP contribution in [0.25, 0.3) is 0 Å². The second-order valence-corrected chi connectivity index (χ2v) is 6.57. The quantitative estimate of drug-likeness (QED) is 0.827. The van der Waals surface area contributed by atoms with E-state index in [4.69, 9.17) is 4.74 Å². The van der Waals surface area contributed by atoms with E-state index in [-0.39, 0.29) is 18.2 Å². The van der Waals surface area contributed by atoms with Crippen molar-refractivity contribution in [2.75, 3.05) is 26.2 Å². The highest BCUT2D eigenvalue weighted by Crippen LogP contribution is 2.26. The first-order valence-electron chi connectivity index (χ1n) is 8.53. The van der Waals surface area contributed by atoms with Crippen molar-refractivity contribution in [3.63, 3.8) is 0 Å². The lowest BCUT2D eigenvalue weighted by molar-refractivity contribution is -0.0226. The van der Waals surface area contributed by atoms with Gasteiger partial charge in [-0.2, -0.15) is 0 Å². The average Bonchev–Trinajstić information content (AvgIpc) is 2.59. The van der Waals surface area contributed by atoms with Gasteiger partial charge in [-0.15, -0.1) is 12.4 Å². The molecular formula is C20H26ClNO3. The zero-order chi connectivity index (χ0) is 16.8. The number of likely N-dealkylation sites (tertiary alicyclic amines) is 1. The molecule has 1 aliphatic heterocycles. The van der Waals surface area contributed by atoms with E-state index < -0.39 is 5.60 Å². The van der Waals surface area contributed by atoms with Crippen molar-refractivity contribution in [3.05, 3.63) is 60.2 Å². The third-order valence-corrected chi connectivity index (χ3v) is 4.68. The van der Waals surface area contributed by atoms with Crippen molar-refractivity contribution in [2.24, 2.45) is 0 Å². The second-order valence-electron chi connectivity index (χ2n) is 6.57. The summed E-state index contributed by atoms with van der Waals surface area (Å²) < 4.78 is 5.70. The molecule has 1 saturated heterocycles. The molecule has 136 valence electrons. The number of piperidine rings is 1. The number of phenols is 1. The Labute approximate surface area is 155 Å². The minimum atomic E-state index is -0.588. The Morgan fingerprint density at radius 1 is 0.960 bits per heavy atom. The molecular weight excluding hydrogens is 338 g/mol. The maximum Gasteiger partial charge on any atom is 0.119 e. The van der Waals surface area contributed by atoms with Gasteiger partial charge in [-0.25, -0.2) is 0 Å². The van der Waals surface area contributed by atoms with Crippen LogP contribution in [0.2, 0.25) is 0 Å². The normalized spacial score (nSPS) is 16.8.